The van der Waals surface area contributed by atoms with E-state index in [4.69, 9.17) is 0 Å². The van der Waals surface area contributed by atoms with Gasteiger partial charge in [0.2, 0.25) is 0 Å². The number of fused-ring (bicyclic) bond motifs is 1. The van der Waals surface area contributed by atoms with Gasteiger partial charge in [-0.2, -0.15) is 0 Å². The van der Waals surface area contributed by atoms with E-state index in [0.29, 0.717) is 0 Å². The fourth-order valence-corrected chi connectivity index (χ4v) is 1.78. The van der Waals surface area contributed by atoms with Gasteiger partial charge in [-0.1, -0.05) is 24.3 Å². The maximum absolute atomic E-state index is 4.40. The fourth-order valence-electron chi connectivity index (χ4n) is 1.46. The van der Waals surface area contributed by atoms with Gasteiger partial charge in [0, 0.05) is 4.90 Å². The van der Waals surface area contributed by atoms with Crippen molar-refractivity contribution in [3.63, 3.8) is 0 Å². The summed E-state index contributed by atoms with van der Waals surface area (Å²) in [5, 5.41) is 0. The average Bonchev–Trinajstić information content (AvgIpc) is 2.06. The molecule has 0 amide bonds. The number of hydrogen-bond acceptors (Lipinski definition) is 1. The van der Waals surface area contributed by atoms with E-state index in [2.05, 4.69) is 43.0 Å². The molecule has 1 aliphatic carbocycles. The maximum atomic E-state index is 4.40. The predicted octanol–water partition coefficient (Wildman–Crippen LogP) is 2.63. The molecule has 1 aromatic rings. The Labute approximate surface area is 72.4 Å². The third-order valence-corrected chi connectivity index (χ3v) is 2.49. The third-order valence-electron chi connectivity index (χ3n) is 2.07. The van der Waals surface area contributed by atoms with Crippen LogP contribution in [0, 0.1) is 0 Å². The first kappa shape index (κ1) is 6.99. The summed E-state index contributed by atoms with van der Waals surface area (Å²) in [5.74, 6) is 0. The van der Waals surface area contributed by atoms with E-state index in [0.717, 1.165) is 17.7 Å². The molecular formula is C10H10S. The van der Waals surface area contributed by atoms with Gasteiger partial charge in [-0.05, 0) is 30.0 Å². The van der Waals surface area contributed by atoms with Gasteiger partial charge in [-0.15, -0.1) is 12.6 Å². The van der Waals surface area contributed by atoms with E-state index < -0.39 is 0 Å². The van der Waals surface area contributed by atoms with Crippen molar-refractivity contribution in [2.75, 3.05) is 0 Å². The molecule has 0 atom stereocenters. The lowest BCUT2D eigenvalue weighted by Gasteiger charge is -2.11. The highest BCUT2D eigenvalue weighted by molar-refractivity contribution is 7.80. The highest BCUT2D eigenvalue weighted by atomic mass is 32.1. The van der Waals surface area contributed by atoms with E-state index in [9.17, 15) is 0 Å². The molecule has 0 saturated carbocycles. The van der Waals surface area contributed by atoms with Gasteiger partial charge in [-0.25, -0.2) is 0 Å². The Hall–Kier alpha value is -0.690. The topological polar surface area (TPSA) is 0 Å². The van der Waals surface area contributed by atoms with Crippen LogP contribution < -0.4 is 0 Å². The first-order valence-electron chi connectivity index (χ1n) is 3.82. The van der Waals surface area contributed by atoms with E-state index in [-0.39, 0.29) is 0 Å². The molecule has 0 aromatic heterocycles. The lowest BCUT2D eigenvalue weighted by atomic mass is 9.97. The van der Waals surface area contributed by atoms with E-state index >= 15 is 0 Å². The Morgan fingerprint density at radius 1 is 1.09 bits per heavy atom. The van der Waals surface area contributed by atoms with Crippen LogP contribution in [0.5, 0.6) is 0 Å². The van der Waals surface area contributed by atoms with Crippen molar-refractivity contribution in [3.05, 3.63) is 41.5 Å². The van der Waals surface area contributed by atoms with E-state index in [1.807, 2.05) is 0 Å². The Morgan fingerprint density at radius 2 is 1.91 bits per heavy atom. The summed E-state index contributed by atoms with van der Waals surface area (Å²) in [6.45, 7) is 0. The largest absolute Gasteiger partial charge is 0.143 e. The lowest BCUT2D eigenvalue weighted by molar-refractivity contribution is 1.05. The van der Waals surface area contributed by atoms with Gasteiger partial charge in [0.05, 0.1) is 0 Å². The molecule has 0 aliphatic heterocycles. The van der Waals surface area contributed by atoms with Gasteiger partial charge in [0.1, 0.15) is 0 Å². The molecule has 0 N–H and O–H groups in total. The van der Waals surface area contributed by atoms with Gasteiger partial charge < -0.3 is 0 Å². The van der Waals surface area contributed by atoms with Crippen LogP contribution in [0.15, 0.2) is 35.2 Å². The second-order valence-electron chi connectivity index (χ2n) is 2.79. The summed E-state index contributed by atoms with van der Waals surface area (Å²) < 4.78 is 0. The number of thiol groups is 1. The third kappa shape index (κ3) is 1.21. The second kappa shape index (κ2) is 2.74. The van der Waals surface area contributed by atoms with Crippen molar-refractivity contribution in [1.29, 1.82) is 0 Å². The maximum Gasteiger partial charge on any atom is 0.00780 e. The van der Waals surface area contributed by atoms with Crippen LogP contribution in [0.1, 0.15) is 11.1 Å². The van der Waals surface area contributed by atoms with Gasteiger partial charge in [0.15, 0.2) is 0 Å². The zero-order valence-corrected chi connectivity index (χ0v) is 7.14. The molecule has 0 nitrogen and oxygen atoms in total. The Kier molecular flexibility index (Phi) is 1.74. The van der Waals surface area contributed by atoms with Crippen LogP contribution in [-0.2, 0) is 12.8 Å². The molecule has 0 fully saturated rings. The van der Waals surface area contributed by atoms with Crippen molar-refractivity contribution in [2.24, 2.45) is 0 Å². The SMILES string of the molecule is Sc1cccc2c1CC=CC2. The van der Waals surface area contributed by atoms with Crippen molar-refractivity contribution in [2.45, 2.75) is 17.7 Å². The quantitative estimate of drug-likeness (QED) is 0.440. The Bertz CT molecular complexity index is 300. The zero-order valence-electron chi connectivity index (χ0n) is 6.25. The monoisotopic (exact) mass is 162 g/mol. The summed E-state index contributed by atoms with van der Waals surface area (Å²) in [5.41, 5.74) is 2.83. The lowest BCUT2D eigenvalue weighted by Crippen LogP contribution is -1.97. The zero-order chi connectivity index (χ0) is 7.68. The molecule has 1 aromatic carbocycles. The second-order valence-corrected chi connectivity index (χ2v) is 3.28. The number of hydrogen-bond donors (Lipinski definition) is 1. The predicted molar refractivity (Wildman–Crippen MR) is 50.2 cm³/mol. The summed E-state index contributed by atoms with van der Waals surface area (Å²) >= 11 is 4.40. The number of allylic oxidation sites excluding steroid dienone is 2. The highest BCUT2D eigenvalue weighted by Crippen LogP contribution is 2.22. The Balaban J connectivity index is 2.54. The first-order chi connectivity index (χ1) is 5.38. The summed E-state index contributed by atoms with van der Waals surface area (Å²) in [6.07, 6.45) is 6.55. The van der Waals surface area contributed by atoms with E-state index in [1.165, 1.54) is 11.1 Å². The van der Waals surface area contributed by atoms with Gasteiger partial charge in [0.25, 0.3) is 0 Å². The Morgan fingerprint density at radius 3 is 2.73 bits per heavy atom. The molecule has 0 heterocycles. The van der Waals surface area contributed by atoms with Crippen molar-refractivity contribution < 1.29 is 0 Å². The molecule has 2 rings (SSSR count). The number of benzene rings is 1. The van der Waals surface area contributed by atoms with Crippen LogP contribution in [0.25, 0.3) is 0 Å². The molecular weight excluding hydrogens is 152 g/mol. The summed E-state index contributed by atoms with van der Waals surface area (Å²) in [6, 6.07) is 6.31. The van der Waals surface area contributed by atoms with Crippen LogP contribution in [0.2, 0.25) is 0 Å². The van der Waals surface area contributed by atoms with Crippen LogP contribution in [0.3, 0.4) is 0 Å². The molecule has 0 radical (unpaired) electrons. The van der Waals surface area contributed by atoms with Gasteiger partial charge in [-0.3, -0.25) is 0 Å². The molecule has 1 aliphatic rings. The molecule has 0 saturated heterocycles. The number of rotatable bonds is 0. The van der Waals surface area contributed by atoms with Gasteiger partial charge >= 0.3 is 0 Å². The van der Waals surface area contributed by atoms with Crippen molar-refractivity contribution in [1.82, 2.24) is 0 Å². The van der Waals surface area contributed by atoms with Crippen LogP contribution in [-0.4, -0.2) is 0 Å². The molecule has 11 heavy (non-hydrogen) atoms. The highest BCUT2D eigenvalue weighted by Gasteiger charge is 2.05. The summed E-state index contributed by atoms with van der Waals surface area (Å²) in [4.78, 5) is 1.13. The molecule has 0 spiro atoms. The molecule has 0 bridgehead atoms. The van der Waals surface area contributed by atoms with E-state index in [1.54, 1.807) is 0 Å². The average molecular weight is 162 g/mol. The van der Waals surface area contributed by atoms with Crippen molar-refractivity contribution >= 4 is 12.6 Å². The first-order valence-corrected chi connectivity index (χ1v) is 4.27. The van der Waals surface area contributed by atoms with Crippen molar-refractivity contribution in [3.8, 4) is 0 Å². The molecule has 1 heteroatoms. The minimum absolute atomic E-state index is 1.05. The normalized spacial score (nSPS) is 14.6. The minimum atomic E-state index is 1.05. The molecule has 56 valence electrons. The van der Waals surface area contributed by atoms with Crippen LogP contribution >= 0.6 is 12.6 Å². The smallest absolute Gasteiger partial charge is 0.00780 e. The van der Waals surface area contributed by atoms with Crippen LogP contribution in [0.4, 0.5) is 0 Å². The minimum Gasteiger partial charge on any atom is -0.143 e. The molecule has 0 unspecified atom stereocenters. The fraction of sp³-hybridized carbons (Fsp3) is 0.200. The standard InChI is InChI=1S/C10H10S/c11-10-7-3-5-8-4-1-2-6-9(8)10/h1-3,5,7,11H,4,6H2. The summed E-state index contributed by atoms with van der Waals surface area (Å²) in [7, 11) is 0.